The first-order valence-electron chi connectivity index (χ1n) is 17.5. The van der Waals surface area contributed by atoms with Gasteiger partial charge in [0.1, 0.15) is 0 Å². The van der Waals surface area contributed by atoms with Crippen molar-refractivity contribution in [3.8, 4) is 11.4 Å². The van der Waals surface area contributed by atoms with Crippen LogP contribution >= 0.6 is 11.3 Å². The molecule has 12 aromatic rings. The lowest BCUT2D eigenvalue weighted by molar-refractivity contribution is 1.18. The fraction of sp³-hybridized carbons (Fsp3) is 0. The lowest BCUT2D eigenvalue weighted by Crippen LogP contribution is -1.96. The molecular formula is C48H28N2S. The summed E-state index contributed by atoms with van der Waals surface area (Å²) in [5, 5.41) is 15.6. The number of thiophene rings is 1. The molecule has 3 aromatic heterocycles. The smallest absolute Gasteiger partial charge is 0.0741 e. The Kier molecular flexibility index (Phi) is 5.41. The van der Waals surface area contributed by atoms with Gasteiger partial charge in [0.2, 0.25) is 0 Å². The number of hydrogen-bond donors (Lipinski definition) is 0. The number of para-hydroxylation sites is 3. The number of nitrogens with zero attached hydrogens (tertiary/aromatic N) is 2. The van der Waals surface area contributed by atoms with E-state index in [0.29, 0.717) is 0 Å². The number of hydrogen-bond acceptors (Lipinski definition) is 1. The molecular weight excluding hydrogens is 637 g/mol. The predicted octanol–water partition coefficient (Wildman–Crippen LogP) is 13.7. The SMILES string of the molecule is c1ccc(-n2c3ccccc3c3c4c5ccccc5sc4c4c(c5ccccc5n4-c4ccc5c6ccccc6c6ccccc6c5c4)c32)cc1. The molecule has 0 aliphatic rings. The standard InChI is InChI=1S/C48H28N2S/c1-2-14-29(15-3-1)49-40-23-11-8-20-36(40)43-44-38-22-10-13-25-42(38)51-48(44)47-45(46(43)49)37-21-9-12-24-41(37)50(47)30-26-27-35-33-18-5-4-16-31(33)32-17-6-7-19-34(32)39(35)28-30/h1-28H. The van der Waals surface area contributed by atoms with Gasteiger partial charge in [0, 0.05) is 48.4 Å². The van der Waals surface area contributed by atoms with E-state index in [9.17, 15) is 0 Å². The minimum Gasteiger partial charge on any atom is -0.309 e. The Balaban J connectivity index is 1.35. The van der Waals surface area contributed by atoms with Crippen LogP contribution in [0.15, 0.2) is 170 Å². The zero-order valence-electron chi connectivity index (χ0n) is 27.5. The van der Waals surface area contributed by atoms with Crippen molar-refractivity contribution < 1.29 is 0 Å². The third-order valence-corrected chi connectivity index (χ3v) is 12.2. The van der Waals surface area contributed by atoms with Crippen molar-refractivity contribution in [3.05, 3.63) is 170 Å². The van der Waals surface area contributed by atoms with Gasteiger partial charge in [-0.3, -0.25) is 0 Å². The molecule has 3 heteroatoms. The van der Waals surface area contributed by atoms with Crippen LogP contribution in [0.2, 0.25) is 0 Å². The molecule has 0 spiro atoms. The molecule has 0 saturated heterocycles. The highest BCUT2D eigenvalue weighted by molar-refractivity contribution is 7.27. The van der Waals surface area contributed by atoms with E-state index in [-0.39, 0.29) is 0 Å². The summed E-state index contributed by atoms with van der Waals surface area (Å²) in [6.45, 7) is 0. The fourth-order valence-corrected chi connectivity index (χ4v) is 10.3. The van der Waals surface area contributed by atoms with Crippen LogP contribution in [-0.2, 0) is 0 Å². The zero-order chi connectivity index (χ0) is 33.2. The molecule has 0 radical (unpaired) electrons. The van der Waals surface area contributed by atoms with Gasteiger partial charge in [0.05, 0.1) is 26.8 Å². The molecule has 9 aromatic carbocycles. The Hall–Kier alpha value is -6.42. The molecule has 0 fully saturated rings. The molecule has 0 N–H and O–H groups in total. The molecule has 0 unspecified atom stereocenters. The minimum absolute atomic E-state index is 1.17. The largest absolute Gasteiger partial charge is 0.309 e. The second kappa shape index (κ2) is 10.1. The first kappa shape index (κ1) is 27.4. The molecule has 0 atom stereocenters. The van der Waals surface area contributed by atoms with Crippen LogP contribution in [0.4, 0.5) is 0 Å². The van der Waals surface area contributed by atoms with Gasteiger partial charge in [-0.05, 0) is 74.8 Å². The molecule has 0 bridgehead atoms. The van der Waals surface area contributed by atoms with Gasteiger partial charge in [-0.15, -0.1) is 11.3 Å². The number of benzene rings is 9. The summed E-state index contributed by atoms with van der Waals surface area (Å²) in [6, 6.07) is 62.7. The lowest BCUT2D eigenvalue weighted by atomic mass is 9.94. The van der Waals surface area contributed by atoms with Crippen molar-refractivity contribution in [1.29, 1.82) is 0 Å². The van der Waals surface area contributed by atoms with Gasteiger partial charge in [-0.1, -0.05) is 127 Å². The number of aromatic nitrogens is 2. The van der Waals surface area contributed by atoms with E-state index in [2.05, 4.69) is 179 Å². The van der Waals surface area contributed by atoms with Crippen LogP contribution < -0.4 is 0 Å². The minimum atomic E-state index is 1.17. The summed E-state index contributed by atoms with van der Waals surface area (Å²) < 4.78 is 7.70. The lowest BCUT2D eigenvalue weighted by Gasteiger charge is -2.14. The fourth-order valence-electron chi connectivity index (χ4n) is 9.03. The maximum atomic E-state index is 2.55. The summed E-state index contributed by atoms with van der Waals surface area (Å²) in [4.78, 5) is 0. The van der Waals surface area contributed by atoms with Gasteiger partial charge < -0.3 is 9.13 Å². The predicted molar refractivity (Wildman–Crippen MR) is 221 cm³/mol. The second-order valence-corrected chi connectivity index (χ2v) is 14.7. The molecule has 236 valence electrons. The Morgan fingerprint density at radius 1 is 0.314 bits per heavy atom. The van der Waals surface area contributed by atoms with E-state index < -0.39 is 0 Å². The zero-order valence-corrected chi connectivity index (χ0v) is 28.3. The summed E-state index contributed by atoms with van der Waals surface area (Å²) in [5.74, 6) is 0. The normalized spacial score (nSPS) is 12.3. The van der Waals surface area contributed by atoms with Crippen LogP contribution in [0.25, 0.3) is 107 Å². The van der Waals surface area contributed by atoms with E-state index in [1.54, 1.807) is 0 Å². The Labute approximate surface area is 296 Å². The second-order valence-electron chi connectivity index (χ2n) is 13.6. The molecule has 51 heavy (non-hydrogen) atoms. The van der Waals surface area contributed by atoms with E-state index in [0.717, 1.165) is 0 Å². The van der Waals surface area contributed by atoms with Crippen molar-refractivity contribution in [2.45, 2.75) is 0 Å². The quantitative estimate of drug-likeness (QED) is 0.163. The Morgan fingerprint density at radius 2 is 0.804 bits per heavy atom. The van der Waals surface area contributed by atoms with Crippen LogP contribution in [0.1, 0.15) is 0 Å². The van der Waals surface area contributed by atoms with Crippen LogP contribution in [0.3, 0.4) is 0 Å². The van der Waals surface area contributed by atoms with Crippen molar-refractivity contribution in [1.82, 2.24) is 9.13 Å². The molecule has 0 amide bonds. The average Bonchev–Trinajstić information content (AvgIpc) is 3.86. The van der Waals surface area contributed by atoms with Gasteiger partial charge in [0.25, 0.3) is 0 Å². The third kappa shape index (κ3) is 3.56. The summed E-state index contributed by atoms with van der Waals surface area (Å²) >= 11 is 1.92. The summed E-state index contributed by atoms with van der Waals surface area (Å²) in [7, 11) is 0. The van der Waals surface area contributed by atoms with Gasteiger partial charge in [-0.25, -0.2) is 0 Å². The van der Waals surface area contributed by atoms with Crippen molar-refractivity contribution in [2.75, 3.05) is 0 Å². The summed E-state index contributed by atoms with van der Waals surface area (Å²) in [6.07, 6.45) is 0. The monoisotopic (exact) mass is 664 g/mol. The topological polar surface area (TPSA) is 9.86 Å². The number of rotatable bonds is 2. The third-order valence-electron chi connectivity index (χ3n) is 11.0. The first-order valence-corrected chi connectivity index (χ1v) is 18.4. The van der Waals surface area contributed by atoms with Crippen LogP contribution in [-0.4, -0.2) is 9.13 Å². The number of fused-ring (bicyclic) bond motifs is 18. The average molecular weight is 665 g/mol. The molecule has 0 aliphatic heterocycles. The molecule has 12 rings (SSSR count). The van der Waals surface area contributed by atoms with Gasteiger partial charge in [-0.2, -0.15) is 0 Å². The van der Waals surface area contributed by atoms with Gasteiger partial charge >= 0.3 is 0 Å². The van der Waals surface area contributed by atoms with E-state index in [4.69, 9.17) is 0 Å². The van der Waals surface area contributed by atoms with E-state index in [1.807, 2.05) is 11.3 Å². The molecule has 0 aliphatic carbocycles. The summed E-state index contributed by atoms with van der Waals surface area (Å²) in [5.41, 5.74) is 7.32. The molecule has 0 saturated carbocycles. The highest BCUT2D eigenvalue weighted by atomic mass is 32.1. The first-order chi connectivity index (χ1) is 25.3. The molecule has 2 nitrogen and oxygen atoms in total. The van der Waals surface area contributed by atoms with Crippen LogP contribution in [0, 0.1) is 0 Å². The maximum absolute atomic E-state index is 2.55. The van der Waals surface area contributed by atoms with Crippen LogP contribution in [0.5, 0.6) is 0 Å². The maximum Gasteiger partial charge on any atom is 0.0741 e. The highest BCUT2D eigenvalue weighted by Gasteiger charge is 2.26. The van der Waals surface area contributed by atoms with E-state index in [1.165, 1.54) is 107 Å². The Morgan fingerprint density at radius 3 is 1.47 bits per heavy atom. The Bertz CT molecular complexity index is 3380. The molecule has 3 heterocycles. The van der Waals surface area contributed by atoms with Gasteiger partial charge in [0.15, 0.2) is 0 Å². The van der Waals surface area contributed by atoms with Crippen molar-refractivity contribution >= 4 is 107 Å². The van der Waals surface area contributed by atoms with Crippen molar-refractivity contribution in [3.63, 3.8) is 0 Å². The van der Waals surface area contributed by atoms with E-state index >= 15 is 0 Å². The highest BCUT2D eigenvalue weighted by Crippen LogP contribution is 2.51. The van der Waals surface area contributed by atoms with Crippen molar-refractivity contribution in [2.24, 2.45) is 0 Å².